The van der Waals surface area contributed by atoms with E-state index in [0.717, 1.165) is 38.3 Å². The normalized spacial score (nSPS) is 15.2. The zero-order chi connectivity index (χ0) is 19.9. The van der Waals surface area contributed by atoms with Crippen molar-refractivity contribution in [1.29, 1.82) is 0 Å². The molecule has 1 heterocycles. The molecule has 1 aliphatic rings. The molecular weight excluding hydrogens is 358 g/mol. The van der Waals surface area contributed by atoms with E-state index >= 15 is 0 Å². The van der Waals surface area contributed by atoms with Gasteiger partial charge in [-0.2, -0.15) is 0 Å². The molecular formula is C21H25N3O4. The number of anilines is 1. The van der Waals surface area contributed by atoms with Crippen molar-refractivity contribution in [2.75, 3.05) is 45.2 Å². The number of ether oxygens (including phenoxy) is 1. The predicted molar refractivity (Wildman–Crippen MR) is 107 cm³/mol. The molecule has 7 nitrogen and oxygen atoms in total. The van der Waals surface area contributed by atoms with E-state index in [1.807, 2.05) is 36.4 Å². The maximum atomic E-state index is 12.3. The lowest BCUT2D eigenvalue weighted by molar-refractivity contribution is -0.117. The number of rotatable bonds is 7. The lowest BCUT2D eigenvalue weighted by atomic mass is 10.1. The molecule has 0 bridgehead atoms. The van der Waals surface area contributed by atoms with Crippen molar-refractivity contribution in [3.63, 3.8) is 0 Å². The Kier molecular flexibility index (Phi) is 6.62. The molecule has 1 fully saturated rings. The van der Waals surface area contributed by atoms with Crippen LogP contribution in [0.4, 0.5) is 5.69 Å². The highest BCUT2D eigenvalue weighted by Gasteiger charge is 2.19. The van der Waals surface area contributed by atoms with Crippen LogP contribution in [0.3, 0.4) is 0 Å². The van der Waals surface area contributed by atoms with Gasteiger partial charge in [-0.05, 0) is 29.8 Å². The Hall–Kier alpha value is -2.90. The van der Waals surface area contributed by atoms with Gasteiger partial charge in [-0.25, -0.2) is 4.79 Å². The third-order valence-electron chi connectivity index (χ3n) is 4.82. The minimum absolute atomic E-state index is 0.0535. The summed E-state index contributed by atoms with van der Waals surface area (Å²) in [6.45, 7) is 4.48. The molecule has 2 N–H and O–H groups in total. The van der Waals surface area contributed by atoms with Crippen molar-refractivity contribution in [3.8, 4) is 5.75 Å². The smallest absolute Gasteiger partial charge is 0.335 e. The van der Waals surface area contributed by atoms with Crippen LogP contribution in [-0.4, -0.2) is 66.6 Å². The molecule has 148 valence electrons. The average molecular weight is 383 g/mol. The van der Waals surface area contributed by atoms with Crippen LogP contribution in [-0.2, 0) is 11.3 Å². The quantitative estimate of drug-likeness (QED) is 0.762. The first-order valence-corrected chi connectivity index (χ1v) is 9.25. The lowest BCUT2D eigenvalue weighted by Gasteiger charge is -2.34. The summed E-state index contributed by atoms with van der Waals surface area (Å²) in [5.74, 6) is -0.316. The molecule has 1 saturated heterocycles. The van der Waals surface area contributed by atoms with Crippen molar-refractivity contribution in [1.82, 2.24) is 9.80 Å². The van der Waals surface area contributed by atoms with E-state index < -0.39 is 5.97 Å². The number of benzene rings is 2. The van der Waals surface area contributed by atoms with Gasteiger partial charge in [0.25, 0.3) is 0 Å². The lowest BCUT2D eigenvalue weighted by Crippen LogP contribution is -2.48. The molecule has 28 heavy (non-hydrogen) atoms. The number of hydrogen-bond acceptors (Lipinski definition) is 5. The van der Waals surface area contributed by atoms with Gasteiger partial charge in [0.2, 0.25) is 5.91 Å². The standard InChI is InChI=1S/C21H25N3O4/c1-28-19-5-3-2-4-18(19)22-20(25)15-24-12-10-23(11-13-24)14-16-6-8-17(9-7-16)21(26)27/h2-9H,10-15H2,1H3,(H,22,25)(H,26,27). The Bertz CT molecular complexity index is 815. The zero-order valence-electron chi connectivity index (χ0n) is 15.9. The van der Waals surface area contributed by atoms with E-state index in [0.29, 0.717) is 23.5 Å². The van der Waals surface area contributed by atoms with Gasteiger partial charge in [0.1, 0.15) is 5.75 Å². The number of carboxylic acid groups (broad SMARTS) is 1. The molecule has 0 atom stereocenters. The fourth-order valence-electron chi connectivity index (χ4n) is 3.26. The number of nitrogens with one attached hydrogen (secondary N) is 1. The number of carboxylic acids is 1. The Morgan fingerprint density at radius 2 is 1.64 bits per heavy atom. The number of aromatic carboxylic acids is 1. The molecule has 1 aliphatic heterocycles. The molecule has 7 heteroatoms. The Balaban J connectivity index is 1.44. The first kappa shape index (κ1) is 19.9. The SMILES string of the molecule is COc1ccccc1NC(=O)CN1CCN(Cc2ccc(C(=O)O)cc2)CC1. The van der Waals surface area contributed by atoms with E-state index in [4.69, 9.17) is 9.84 Å². The molecule has 0 aromatic heterocycles. The summed E-state index contributed by atoms with van der Waals surface area (Å²) >= 11 is 0. The van der Waals surface area contributed by atoms with E-state index in [1.165, 1.54) is 0 Å². The highest BCUT2D eigenvalue weighted by atomic mass is 16.5. The Labute approximate surface area is 164 Å². The average Bonchev–Trinajstić information content (AvgIpc) is 2.70. The predicted octanol–water partition coefficient (Wildman–Crippen LogP) is 2.15. The van der Waals surface area contributed by atoms with Crippen molar-refractivity contribution in [2.45, 2.75) is 6.54 Å². The molecule has 0 radical (unpaired) electrons. The van der Waals surface area contributed by atoms with Crippen LogP contribution >= 0.6 is 0 Å². The molecule has 1 amide bonds. The summed E-state index contributed by atoms with van der Waals surface area (Å²) in [6, 6.07) is 14.4. The largest absolute Gasteiger partial charge is 0.495 e. The fourth-order valence-corrected chi connectivity index (χ4v) is 3.26. The summed E-state index contributed by atoms with van der Waals surface area (Å²) in [7, 11) is 1.58. The Morgan fingerprint density at radius 1 is 1.00 bits per heavy atom. The van der Waals surface area contributed by atoms with Crippen LogP contribution in [0.1, 0.15) is 15.9 Å². The number of piperazine rings is 1. The van der Waals surface area contributed by atoms with Crippen molar-refractivity contribution in [2.24, 2.45) is 0 Å². The monoisotopic (exact) mass is 383 g/mol. The summed E-state index contributed by atoms with van der Waals surface area (Å²) in [5, 5.41) is 11.9. The van der Waals surface area contributed by atoms with Crippen LogP contribution in [0.2, 0.25) is 0 Å². The van der Waals surface area contributed by atoms with Gasteiger partial charge in [0, 0.05) is 32.7 Å². The maximum absolute atomic E-state index is 12.3. The van der Waals surface area contributed by atoms with Crippen molar-refractivity contribution >= 4 is 17.6 Å². The van der Waals surface area contributed by atoms with Gasteiger partial charge >= 0.3 is 5.97 Å². The first-order chi connectivity index (χ1) is 13.5. The van der Waals surface area contributed by atoms with Crippen molar-refractivity contribution in [3.05, 3.63) is 59.7 Å². The van der Waals surface area contributed by atoms with Gasteiger partial charge in [0.05, 0.1) is 24.9 Å². The summed E-state index contributed by atoms with van der Waals surface area (Å²) in [5.41, 5.74) is 2.07. The van der Waals surface area contributed by atoms with Gasteiger partial charge in [-0.15, -0.1) is 0 Å². The van der Waals surface area contributed by atoms with Gasteiger partial charge in [0.15, 0.2) is 0 Å². The molecule has 0 spiro atoms. The maximum Gasteiger partial charge on any atom is 0.335 e. The van der Waals surface area contributed by atoms with Gasteiger partial charge < -0.3 is 15.2 Å². The third-order valence-corrected chi connectivity index (χ3v) is 4.82. The minimum Gasteiger partial charge on any atom is -0.495 e. The van der Waals surface area contributed by atoms with E-state index in [-0.39, 0.29) is 5.91 Å². The second-order valence-corrected chi connectivity index (χ2v) is 6.80. The minimum atomic E-state index is -0.911. The van der Waals surface area contributed by atoms with Gasteiger partial charge in [-0.1, -0.05) is 24.3 Å². The van der Waals surface area contributed by atoms with E-state index in [9.17, 15) is 9.59 Å². The van der Waals surface area contributed by atoms with Crippen LogP contribution in [0.15, 0.2) is 48.5 Å². The number of para-hydroxylation sites is 2. The third kappa shape index (κ3) is 5.31. The van der Waals surface area contributed by atoms with E-state index in [2.05, 4.69) is 15.1 Å². The highest BCUT2D eigenvalue weighted by molar-refractivity contribution is 5.93. The topological polar surface area (TPSA) is 82.1 Å². The summed E-state index contributed by atoms with van der Waals surface area (Å²) in [4.78, 5) is 27.7. The first-order valence-electron chi connectivity index (χ1n) is 9.25. The fraction of sp³-hybridized carbons (Fsp3) is 0.333. The second-order valence-electron chi connectivity index (χ2n) is 6.80. The van der Waals surface area contributed by atoms with Crippen LogP contribution < -0.4 is 10.1 Å². The van der Waals surface area contributed by atoms with E-state index in [1.54, 1.807) is 19.2 Å². The van der Waals surface area contributed by atoms with Crippen LogP contribution in [0.5, 0.6) is 5.75 Å². The number of carbonyl (C=O) groups excluding carboxylic acids is 1. The van der Waals surface area contributed by atoms with Crippen molar-refractivity contribution < 1.29 is 19.4 Å². The molecule has 0 saturated carbocycles. The Morgan fingerprint density at radius 3 is 2.29 bits per heavy atom. The summed E-state index contributed by atoms with van der Waals surface area (Å²) in [6.07, 6.45) is 0. The van der Waals surface area contributed by atoms with Crippen LogP contribution in [0, 0.1) is 0 Å². The number of carbonyl (C=O) groups is 2. The molecule has 3 rings (SSSR count). The van der Waals surface area contributed by atoms with Gasteiger partial charge in [-0.3, -0.25) is 14.6 Å². The number of hydrogen-bond donors (Lipinski definition) is 2. The molecule has 2 aromatic rings. The highest BCUT2D eigenvalue weighted by Crippen LogP contribution is 2.22. The molecule has 2 aromatic carbocycles. The second kappa shape index (κ2) is 9.34. The zero-order valence-corrected chi connectivity index (χ0v) is 15.9. The molecule has 0 aliphatic carbocycles. The number of methoxy groups -OCH3 is 1. The summed E-state index contributed by atoms with van der Waals surface area (Å²) < 4.78 is 5.26. The number of nitrogens with zero attached hydrogens (tertiary/aromatic N) is 2. The molecule has 0 unspecified atom stereocenters. The van der Waals surface area contributed by atoms with Crippen LogP contribution in [0.25, 0.3) is 0 Å². The number of amides is 1.